The lowest BCUT2D eigenvalue weighted by atomic mass is 10.2. The van der Waals surface area contributed by atoms with Crippen LogP contribution in [0, 0.1) is 11.6 Å². The largest absolute Gasteiger partial charge is 0.382 e. The number of ether oxygens (including phenoxy) is 2. The average Bonchev–Trinajstić information content (AvgIpc) is 3.10. The van der Waals surface area contributed by atoms with Gasteiger partial charge in [-0.25, -0.2) is 8.78 Å². The standard InChI is InChI=1S/C19H30F2N4O2/c1-22-19(23-9-3-4-11-27-13-12-26-2)24-15-8-10-25(14-15)18-16(20)6-5-7-17(18)21/h5-7,15H,3-4,8-14H2,1-2H3,(H2,22,23,24). The first kappa shape index (κ1) is 21.4. The Morgan fingerprint density at radius 3 is 2.70 bits per heavy atom. The summed E-state index contributed by atoms with van der Waals surface area (Å²) in [5, 5.41) is 6.60. The van der Waals surface area contributed by atoms with Gasteiger partial charge < -0.3 is 25.0 Å². The highest BCUT2D eigenvalue weighted by Gasteiger charge is 2.27. The van der Waals surface area contributed by atoms with Crippen molar-refractivity contribution in [2.24, 2.45) is 4.99 Å². The van der Waals surface area contributed by atoms with Gasteiger partial charge in [-0.05, 0) is 31.4 Å². The van der Waals surface area contributed by atoms with E-state index in [0.717, 1.165) is 25.8 Å². The normalized spacial score (nSPS) is 17.4. The minimum absolute atomic E-state index is 0.0539. The third-order valence-corrected chi connectivity index (χ3v) is 4.45. The fourth-order valence-corrected chi connectivity index (χ4v) is 3.04. The maximum absolute atomic E-state index is 13.9. The molecule has 1 fully saturated rings. The molecule has 0 radical (unpaired) electrons. The zero-order valence-corrected chi connectivity index (χ0v) is 16.1. The first-order valence-electron chi connectivity index (χ1n) is 9.38. The zero-order valence-electron chi connectivity index (χ0n) is 16.1. The molecule has 2 N–H and O–H groups in total. The number of aliphatic imine (C=N–C) groups is 1. The monoisotopic (exact) mass is 384 g/mol. The summed E-state index contributed by atoms with van der Waals surface area (Å²) < 4.78 is 38.2. The molecule has 0 aromatic heterocycles. The lowest BCUT2D eigenvalue weighted by Gasteiger charge is -2.21. The molecule has 0 spiro atoms. The van der Waals surface area contributed by atoms with E-state index in [1.54, 1.807) is 19.1 Å². The van der Waals surface area contributed by atoms with Gasteiger partial charge >= 0.3 is 0 Å². The molecule has 1 aliphatic heterocycles. The van der Waals surface area contributed by atoms with E-state index in [0.29, 0.717) is 38.9 Å². The molecule has 0 saturated carbocycles. The molecule has 1 aliphatic rings. The van der Waals surface area contributed by atoms with Crippen LogP contribution in [0.3, 0.4) is 0 Å². The Kier molecular flexibility index (Phi) is 9.27. The Hall–Kier alpha value is -1.93. The summed E-state index contributed by atoms with van der Waals surface area (Å²) in [5.74, 6) is -0.340. The Bertz CT molecular complexity index is 581. The molecule has 1 aromatic rings. The van der Waals surface area contributed by atoms with Crippen LogP contribution in [0.1, 0.15) is 19.3 Å². The number of rotatable bonds is 10. The Morgan fingerprint density at radius 1 is 1.22 bits per heavy atom. The summed E-state index contributed by atoms with van der Waals surface area (Å²) in [5.41, 5.74) is 0.0539. The van der Waals surface area contributed by atoms with E-state index in [1.165, 1.54) is 18.2 Å². The highest BCUT2D eigenvalue weighted by molar-refractivity contribution is 5.80. The van der Waals surface area contributed by atoms with Crippen LogP contribution in [0.2, 0.25) is 0 Å². The van der Waals surface area contributed by atoms with Crippen molar-refractivity contribution in [1.82, 2.24) is 10.6 Å². The molecule has 0 aliphatic carbocycles. The van der Waals surface area contributed by atoms with E-state index in [4.69, 9.17) is 9.47 Å². The second-order valence-electron chi connectivity index (χ2n) is 6.46. The number of anilines is 1. The molecule has 27 heavy (non-hydrogen) atoms. The molecule has 2 rings (SSSR count). The number of benzene rings is 1. The molecule has 0 amide bonds. The lowest BCUT2D eigenvalue weighted by Crippen LogP contribution is -2.45. The number of nitrogens with one attached hydrogen (secondary N) is 2. The zero-order chi connectivity index (χ0) is 19.5. The van der Waals surface area contributed by atoms with Crippen molar-refractivity contribution in [3.63, 3.8) is 0 Å². The molecular weight excluding hydrogens is 354 g/mol. The molecule has 1 heterocycles. The van der Waals surface area contributed by atoms with E-state index >= 15 is 0 Å². The molecule has 6 nitrogen and oxygen atoms in total. The average molecular weight is 384 g/mol. The van der Waals surface area contributed by atoms with Gasteiger partial charge in [-0.15, -0.1) is 0 Å². The van der Waals surface area contributed by atoms with Gasteiger partial charge in [0.2, 0.25) is 0 Å². The minimum atomic E-state index is -0.522. The van der Waals surface area contributed by atoms with Crippen LogP contribution in [-0.4, -0.2) is 65.6 Å². The topological polar surface area (TPSA) is 58.1 Å². The first-order chi connectivity index (χ1) is 13.2. The number of para-hydroxylation sites is 1. The first-order valence-corrected chi connectivity index (χ1v) is 9.38. The van der Waals surface area contributed by atoms with Gasteiger partial charge in [-0.3, -0.25) is 4.99 Å². The van der Waals surface area contributed by atoms with Crippen molar-refractivity contribution in [1.29, 1.82) is 0 Å². The summed E-state index contributed by atoms with van der Waals surface area (Å²) in [6.07, 6.45) is 2.71. The van der Waals surface area contributed by atoms with E-state index in [2.05, 4.69) is 15.6 Å². The summed E-state index contributed by atoms with van der Waals surface area (Å²) >= 11 is 0. The van der Waals surface area contributed by atoms with Crippen molar-refractivity contribution in [3.8, 4) is 0 Å². The third kappa shape index (κ3) is 6.95. The van der Waals surface area contributed by atoms with Gasteiger partial charge in [0, 0.05) is 46.4 Å². The molecular formula is C19H30F2N4O2. The van der Waals surface area contributed by atoms with Crippen molar-refractivity contribution in [2.75, 3.05) is 58.5 Å². The fourth-order valence-electron chi connectivity index (χ4n) is 3.04. The maximum Gasteiger partial charge on any atom is 0.191 e. The Balaban J connectivity index is 1.68. The highest BCUT2D eigenvalue weighted by Crippen LogP contribution is 2.26. The molecule has 1 atom stereocenters. The van der Waals surface area contributed by atoms with E-state index in [-0.39, 0.29) is 11.7 Å². The number of hydrogen-bond donors (Lipinski definition) is 2. The van der Waals surface area contributed by atoms with Crippen LogP contribution in [0.25, 0.3) is 0 Å². The Morgan fingerprint density at radius 2 is 2.00 bits per heavy atom. The summed E-state index contributed by atoms with van der Waals surface area (Å²) in [6.45, 7) is 3.86. The van der Waals surface area contributed by atoms with Crippen molar-refractivity contribution >= 4 is 11.6 Å². The van der Waals surface area contributed by atoms with Gasteiger partial charge in [-0.1, -0.05) is 6.07 Å². The van der Waals surface area contributed by atoms with Gasteiger partial charge in [-0.2, -0.15) is 0 Å². The van der Waals surface area contributed by atoms with Gasteiger partial charge in [0.05, 0.1) is 13.2 Å². The van der Waals surface area contributed by atoms with Crippen molar-refractivity contribution in [3.05, 3.63) is 29.8 Å². The summed E-state index contributed by atoms with van der Waals surface area (Å²) in [7, 11) is 3.37. The molecule has 8 heteroatoms. The second kappa shape index (κ2) is 11.7. The SMILES string of the molecule is CN=C(NCCCCOCCOC)NC1CCN(c2c(F)cccc2F)C1. The predicted octanol–water partition coefficient (Wildman–Crippen LogP) is 2.15. The summed E-state index contributed by atoms with van der Waals surface area (Å²) in [6, 6.07) is 4.05. The van der Waals surface area contributed by atoms with E-state index in [9.17, 15) is 8.78 Å². The number of methoxy groups -OCH3 is 1. The predicted molar refractivity (Wildman–Crippen MR) is 103 cm³/mol. The van der Waals surface area contributed by atoms with Crippen molar-refractivity contribution < 1.29 is 18.3 Å². The smallest absolute Gasteiger partial charge is 0.191 e. The highest BCUT2D eigenvalue weighted by atomic mass is 19.1. The second-order valence-corrected chi connectivity index (χ2v) is 6.46. The minimum Gasteiger partial charge on any atom is -0.382 e. The molecule has 0 bridgehead atoms. The third-order valence-electron chi connectivity index (χ3n) is 4.45. The van der Waals surface area contributed by atoms with Crippen LogP contribution in [0.4, 0.5) is 14.5 Å². The van der Waals surface area contributed by atoms with E-state index < -0.39 is 11.6 Å². The number of hydrogen-bond acceptors (Lipinski definition) is 4. The lowest BCUT2D eigenvalue weighted by molar-refractivity contribution is 0.0689. The van der Waals surface area contributed by atoms with Gasteiger partial charge in [0.15, 0.2) is 5.96 Å². The fraction of sp³-hybridized carbons (Fsp3) is 0.632. The van der Waals surface area contributed by atoms with Crippen molar-refractivity contribution in [2.45, 2.75) is 25.3 Å². The van der Waals surface area contributed by atoms with Crippen LogP contribution >= 0.6 is 0 Å². The summed E-state index contributed by atoms with van der Waals surface area (Å²) in [4.78, 5) is 5.97. The Labute approximate surface area is 159 Å². The van der Waals surface area contributed by atoms with Gasteiger partial charge in [0.25, 0.3) is 0 Å². The van der Waals surface area contributed by atoms with Crippen LogP contribution in [0.5, 0.6) is 0 Å². The molecule has 1 unspecified atom stereocenters. The number of nitrogens with zero attached hydrogens (tertiary/aromatic N) is 2. The van der Waals surface area contributed by atoms with E-state index in [1.807, 2.05) is 0 Å². The number of halogens is 2. The molecule has 152 valence electrons. The van der Waals surface area contributed by atoms with Crippen LogP contribution in [-0.2, 0) is 9.47 Å². The van der Waals surface area contributed by atoms with Gasteiger partial charge in [0.1, 0.15) is 17.3 Å². The molecule has 1 saturated heterocycles. The maximum atomic E-state index is 13.9. The van der Waals surface area contributed by atoms with Crippen LogP contribution in [0.15, 0.2) is 23.2 Å². The molecule has 1 aromatic carbocycles. The van der Waals surface area contributed by atoms with Crippen LogP contribution < -0.4 is 15.5 Å². The number of unbranched alkanes of at least 4 members (excludes halogenated alkanes) is 1. The quantitative estimate of drug-likeness (QED) is 0.368. The number of guanidine groups is 1.